The topological polar surface area (TPSA) is 38.3 Å². The molecule has 0 amide bonds. The molecular weight excluding hydrogens is 178 g/mol. The van der Waals surface area contributed by atoms with Crippen LogP contribution >= 0.6 is 0 Å². The Kier molecular flexibility index (Phi) is 5.13. The number of rotatable bonds is 4. The van der Waals surface area contributed by atoms with Crippen LogP contribution in [0.5, 0.6) is 0 Å². The molecule has 0 bridgehead atoms. The zero-order valence-corrected chi connectivity index (χ0v) is 10.2. The molecule has 2 atom stereocenters. The summed E-state index contributed by atoms with van der Waals surface area (Å²) in [5.41, 5.74) is -0.403. The van der Waals surface area contributed by atoms with Crippen LogP contribution in [0.15, 0.2) is 0 Å². The summed E-state index contributed by atoms with van der Waals surface area (Å²) in [4.78, 5) is 11.7. The quantitative estimate of drug-likeness (QED) is 0.707. The Morgan fingerprint density at radius 3 is 2.21 bits per heavy atom. The van der Waals surface area contributed by atoms with E-state index in [9.17, 15) is 4.79 Å². The summed E-state index contributed by atoms with van der Waals surface area (Å²) in [6, 6.07) is -0.195. The molecule has 0 aromatic carbocycles. The van der Waals surface area contributed by atoms with Crippen LogP contribution in [0, 0.1) is 5.92 Å². The fourth-order valence-electron chi connectivity index (χ4n) is 1.24. The van der Waals surface area contributed by atoms with Crippen LogP contribution in [-0.2, 0) is 9.53 Å². The predicted octanol–water partition coefficient (Wildman–Crippen LogP) is 1.96. The van der Waals surface area contributed by atoms with Gasteiger partial charge >= 0.3 is 5.97 Å². The molecule has 1 N–H and O–H groups in total. The van der Waals surface area contributed by atoms with Crippen molar-refractivity contribution in [2.24, 2.45) is 5.92 Å². The standard InChI is InChI=1S/C11H23NO2/c1-7-8(2)9(12-6)10(13)14-11(3,4)5/h8-9,12H,7H2,1-6H3/t8-,9-/m0/s1. The highest BCUT2D eigenvalue weighted by Gasteiger charge is 2.27. The average molecular weight is 201 g/mol. The third kappa shape index (κ3) is 4.61. The average Bonchev–Trinajstić information content (AvgIpc) is 2.01. The summed E-state index contributed by atoms with van der Waals surface area (Å²) in [6.45, 7) is 9.77. The lowest BCUT2D eigenvalue weighted by Crippen LogP contribution is -2.43. The molecule has 84 valence electrons. The van der Waals surface area contributed by atoms with Crippen molar-refractivity contribution in [1.82, 2.24) is 5.32 Å². The molecule has 0 aliphatic rings. The van der Waals surface area contributed by atoms with E-state index in [2.05, 4.69) is 12.2 Å². The van der Waals surface area contributed by atoms with Gasteiger partial charge in [0.05, 0.1) is 0 Å². The van der Waals surface area contributed by atoms with E-state index in [1.165, 1.54) is 0 Å². The third-order valence-corrected chi connectivity index (χ3v) is 2.18. The molecule has 0 aliphatic heterocycles. The lowest BCUT2D eigenvalue weighted by Gasteiger charge is -2.26. The maximum Gasteiger partial charge on any atom is 0.323 e. The van der Waals surface area contributed by atoms with Crippen molar-refractivity contribution >= 4 is 5.97 Å². The van der Waals surface area contributed by atoms with Gasteiger partial charge in [-0.15, -0.1) is 0 Å². The minimum atomic E-state index is -0.403. The molecule has 0 aromatic rings. The molecule has 0 heterocycles. The molecule has 3 heteroatoms. The summed E-state index contributed by atoms with van der Waals surface area (Å²) in [7, 11) is 1.79. The molecule has 14 heavy (non-hydrogen) atoms. The van der Waals surface area contributed by atoms with Crippen molar-refractivity contribution < 1.29 is 9.53 Å². The lowest BCUT2D eigenvalue weighted by atomic mass is 9.99. The SMILES string of the molecule is CC[C@H](C)[C@H](NC)C(=O)OC(C)(C)C. The molecule has 0 radical (unpaired) electrons. The summed E-state index contributed by atoms with van der Waals surface area (Å²) >= 11 is 0. The predicted molar refractivity (Wildman–Crippen MR) is 58.1 cm³/mol. The molecule has 0 unspecified atom stereocenters. The fourth-order valence-corrected chi connectivity index (χ4v) is 1.24. The van der Waals surface area contributed by atoms with Gasteiger partial charge in [0.1, 0.15) is 11.6 Å². The Bertz CT molecular complexity index is 184. The van der Waals surface area contributed by atoms with E-state index in [0.29, 0.717) is 5.92 Å². The Balaban J connectivity index is 4.33. The Labute approximate surface area is 87.2 Å². The van der Waals surface area contributed by atoms with Gasteiger partial charge in [0.15, 0.2) is 0 Å². The van der Waals surface area contributed by atoms with E-state index < -0.39 is 5.60 Å². The lowest BCUT2D eigenvalue weighted by molar-refractivity contribution is -0.158. The number of hydrogen-bond acceptors (Lipinski definition) is 3. The Hall–Kier alpha value is -0.570. The molecule has 0 fully saturated rings. The van der Waals surface area contributed by atoms with Gasteiger partial charge < -0.3 is 10.1 Å². The number of carbonyl (C=O) groups excluding carboxylic acids is 1. The van der Waals surface area contributed by atoms with Crippen LogP contribution in [0.25, 0.3) is 0 Å². The second kappa shape index (κ2) is 5.35. The van der Waals surface area contributed by atoms with Crippen LogP contribution in [-0.4, -0.2) is 24.7 Å². The van der Waals surface area contributed by atoms with Crippen LogP contribution in [0.4, 0.5) is 0 Å². The summed E-state index contributed by atoms with van der Waals surface area (Å²) in [5.74, 6) is 0.143. The smallest absolute Gasteiger partial charge is 0.323 e. The van der Waals surface area contributed by atoms with Crippen molar-refractivity contribution in [3.63, 3.8) is 0 Å². The van der Waals surface area contributed by atoms with E-state index in [-0.39, 0.29) is 12.0 Å². The number of esters is 1. The largest absolute Gasteiger partial charge is 0.459 e. The van der Waals surface area contributed by atoms with Gasteiger partial charge in [-0.05, 0) is 33.7 Å². The molecule has 0 saturated carbocycles. The van der Waals surface area contributed by atoms with Crippen LogP contribution in [0.2, 0.25) is 0 Å². The summed E-state index contributed by atoms with van der Waals surface area (Å²) < 4.78 is 5.31. The summed E-state index contributed by atoms with van der Waals surface area (Å²) in [5, 5.41) is 3.00. The van der Waals surface area contributed by atoms with Crippen molar-refractivity contribution in [1.29, 1.82) is 0 Å². The van der Waals surface area contributed by atoms with Crippen molar-refractivity contribution in [2.45, 2.75) is 52.7 Å². The highest BCUT2D eigenvalue weighted by Crippen LogP contribution is 2.14. The normalized spacial score (nSPS) is 16.1. The maximum atomic E-state index is 11.7. The Morgan fingerprint density at radius 1 is 1.43 bits per heavy atom. The first-order chi connectivity index (χ1) is 6.31. The number of nitrogens with one attached hydrogen (secondary N) is 1. The maximum absolute atomic E-state index is 11.7. The number of hydrogen-bond donors (Lipinski definition) is 1. The number of carbonyl (C=O) groups is 1. The number of likely N-dealkylation sites (N-methyl/N-ethyl adjacent to an activating group) is 1. The van der Waals surface area contributed by atoms with Gasteiger partial charge in [0.2, 0.25) is 0 Å². The molecule has 0 aliphatic carbocycles. The van der Waals surface area contributed by atoms with E-state index in [1.54, 1.807) is 7.05 Å². The highest BCUT2D eigenvalue weighted by molar-refractivity contribution is 5.76. The zero-order valence-electron chi connectivity index (χ0n) is 10.2. The molecular formula is C11H23NO2. The first-order valence-electron chi connectivity index (χ1n) is 5.22. The van der Waals surface area contributed by atoms with Gasteiger partial charge in [-0.1, -0.05) is 20.3 Å². The van der Waals surface area contributed by atoms with Gasteiger partial charge in [-0.25, -0.2) is 0 Å². The zero-order chi connectivity index (χ0) is 11.4. The molecule has 0 saturated heterocycles. The van der Waals surface area contributed by atoms with Crippen LogP contribution in [0.1, 0.15) is 41.0 Å². The first kappa shape index (κ1) is 13.4. The first-order valence-corrected chi connectivity index (χ1v) is 5.22. The van der Waals surface area contributed by atoms with E-state index >= 15 is 0 Å². The van der Waals surface area contributed by atoms with Crippen LogP contribution < -0.4 is 5.32 Å². The minimum absolute atomic E-state index is 0.158. The minimum Gasteiger partial charge on any atom is -0.459 e. The van der Waals surface area contributed by atoms with Gasteiger partial charge in [0, 0.05) is 0 Å². The van der Waals surface area contributed by atoms with Crippen molar-refractivity contribution in [2.75, 3.05) is 7.05 Å². The molecule has 0 rings (SSSR count). The van der Waals surface area contributed by atoms with E-state index in [1.807, 2.05) is 27.7 Å². The molecule has 0 spiro atoms. The monoisotopic (exact) mass is 201 g/mol. The van der Waals surface area contributed by atoms with Crippen molar-refractivity contribution in [3.05, 3.63) is 0 Å². The Morgan fingerprint density at radius 2 is 1.93 bits per heavy atom. The van der Waals surface area contributed by atoms with Gasteiger partial charge in [-0.2, -0.15) is 0 Å². The highest BCUT2D eigenvalue weighted by atomic mass is 16.6. The summed E-state index contributed by atoms with van der Waals surface area (Å²) in [6.07, 6.45) is 0.963. The van der Waals surface area contributed by atoms with Crippen LogP contribution in [0.3, 0.4) is 0 Å². The van der Waals surface area contributed by atoms with Gasteiger partial charge in [0.25, 0.3) is 0 Å². The number of ether oxygens (including phenoxy) is 1. The van der Waals surface area contributed by atoms with E-state index in [4.69, 9.17) is 4.74 Å². The molecule has 0 aromatic heterocycles. The van der Waals surface area contributed by atoms with Crippen molar-refractivity contribution in [3.8, 4) is 0 Å². The molecule has 3 nitrogen and oxygen atoms in total. The second-order valence-corrected chi connectivity index (χ2v) is 4.69. The fraction of sp³-hybridized carbons (Fsp3) is 0.909. The van der Waals surface area contributed by atoms with E-state index in [0.717, 1.165) is 6.42 Å². The second-order valence-electron chi connectivity index (χ2n) is 4.69. The third-order valence-electron chi connectivity index (χ3n) is 2.18. The van der Waals surface area contributed by atoms with Gasteiger partial charge in [-0.3, -0.25) is 4.79 Å².